The van der Waals surface area contributed by atoms with E-state index in [4.69, 9.17) is 9.84 Å². The average molecular weight is 350 g/mol. The normalized spacial score (nSPS) is 22.3. The topological polar surface area (TPSA) is 90.7 Å². The number of nitrogens with zero attached hydrogens (tertiary/aromatic N) is 3. The lowest BCUT2D eigenvalue weighted by Crippen LogP contribution is -2.31. The zero-order valence-electron chi connectivity index (χ0n) is 15.1. The van der Waals surface area contributed by atoms with E-state index in [-0.39, 0.29) is 6.61 Å². The van der Waals surface area contributed by atoms with E-state index in [1.807, 2.05) is 13.1 Å². The fourth-order valence-electron chi connectivity index (χ4n) is 3.65. The fraction of sp³-hybridized carbons (Fsp3) is 0.778. The van der Waals surface area contributed by atoms with Gasteiger partial charge in [0.15, 0.2) is 0 Å². The van der Waals surface area contributed by atoms with Gasteiger partial charge in [-0.05, 0) is 25.7 Å². The van der Waals surface area contributed by atoms with E-state index < -0.39 is 5.60 Å². The highest BCUT2D eigenvalue weighted by Gasteiger charge is 2.31. The second-order valence-corrected chi connectivity index (χ2v) is 7.29. The van der Waals surface area contributed by atoms with Crippen LogP contribution < -0.4 is 10.2 Å². The van der Waals surface area contributed by atoms with E-state index in [1.54, 1.807) is 0 Å². The second-order valence-electron chi connectivity index (χ2n) is 7.29. The largest absolute Gasteiger partial charge is 0.395 e. The van der Waals surface area contributed by atoms with Crippen molar-refractivity contribution in [3.63, 3.8) is 0 Å². The molecule has 0 radical (unpaired) electrons. The molecule has 1 atom stereocenters. The first kappa shape index (κ1) is 18.4. The van der Waals surface area contributed by atoms with Crippen molar-refractivity contribution in [3.8, 4) is 0 Å². The van der Waals surface area contributed by atoms with Crippen molar-refractivity contribution in [1.82, 2.24) is 9.97 Å². The first-order valence-electron chi connectivity index (χ1n) is 9.35. The fourth-order valence-corrected chi connectivity index (χ4v) is 3.65. The Balaban J connectivity index is 1.71. The quantitative estimate of drug-likeness (QED) is 0.655. The van der Waals surface area contributed by atoms with Gasteiger partial charge in [0.05, 0.1) is 24.5 Å². The summed E-state index contributed by atoms with van der Waals surface area (Å²) in [6.07, 6.45) is 5.77. The molecule has 1 saturated carbocycles. The van der Waals surface area contributed by atoms with Gasteiger partial charge in [-0.25, -0.2) is 4.98 Å². The Morgan fingerprint density at radius 1 is 1.36 bits per heavy atom. The minimum Gasteiger partial charge on any atom is -0.395 e. The molecule has 1 aromatic heterocycles. The maximum Gasteiger partial charge on any atom is 0.224 e. The standard InChI is InChI=1S/C18H30N4O3/c1-22(9-7-18(24)5-2-3-6-18)16-12-15(14-4-11-25-13-14)20-17(21-16)19-8-10-23/h12,14,23-24H,2-11,13H2,1H3,(H,19,20,21). The molecule has 1 aliphatic heterocycles. The number of hydrogen-bond acceptors (Lipinski definition) is 7. The first-order valence-corrected chi connectivity index (χ1v) is 9.35. The summed E-state index contributed by atoms with van der Waals surface area (Å²) in [6, 6.07) is 2.03. The van der Waals surface area contributed by atoms with Crippen LogP contribution in [0.25, 0.3) is 0 Å². The molecule has 1 unspecified atom stereocenters. The summed E-state index contributed by atoms with van der Waals surface area (Å²) in [6.45, 7) is 2.69. The lowest BCUT2D eigenvalue weighted by molar-refractivity contribution is 0.0410. The van der Waals surface area contributed by atoms with Crippen LogP contribution in [0.3, 0.4) is 0 Å². The smallest absolute Gasteiger partial charge is 0.224 e. The number of hydrogen-bond donors (Lipinski definition) is 3. The maximum absolute atomic E-state index is 10.6. The molecule has 25 heavy (non-hydrogen) atoms. The van der Waals surface area contributed by atoms with Gasteiger partial charge in [0.1, 0.15) is 5.82 Å². The monoisotopic (exact) mass is 350 g/mol. The summed E-state index contributed by atoms with van der Waals surface area (Å²) in [4.78, 5) is 11.3. The summed E-state index contributed by atoms with van der Waals surface area (Å²) in [7, 11) is 2.01. The Morgan fingerprint density at radius 2 is 2.16 bits per heavy atom. The van der Waals surface area contributed by atoms with Gasteiger partial charge in [0.2, 0.25) is 5.95 Å². The average Bonchev–Trinajstić information content (AvgIpc) is 3.30. The third kappa shape index (κ3) is 4.80. The predicted octanol–water partition coefficient (Wildman–Crippen LogP) is 1.52. The number of anilines is 2. The summed E-state index contributed by atoms with van der Waals surface area (Å²) in [5, 5.41) is 22.7. The van der Waals surface area contributed by atoms with E-state index in [0.717, 1.165) is 63.2 Å². The summed E-state index contributed by atoms with van der Waals surface area (Å²) < 4.78 is 5.49. The molecular formula is C18H30N4O3. The lowest BCUT2D eigenvalue weighted by atomic mass is 9.98. The van der Waals surface area contributed by atoms with Crippen molar-refractivity contribution in [3.05, 3.63) is 11.8 Å². The van der Waals surface area contributed by atoms with Crippen molar-refractivity contribution in [2.75, 3.05) is 50.2 Å². The van der Waals surface area contributed by atoms with Crippen LogP contribution in [0.2, 0.25) is 0 Å². The molecule has 3 rings (SSSR count). The molecule has 0 amide bonds. The Hall–Kier alpha value is -1.44. The lowest BCUT2D eigenvalue weighted by Gasteiger charge is -2.27. The Bertz CT molecular complexity index is 557. The van der Waals surface area contributed by atoms with Crippen LogP contribution in [0, 0.1) is 0 Å². The highest BCUT2D eigenvalue weighted by atomic mass is 16.5. The van der Waals surface area contributed by atoms with Crippen LogP contribution in [0.5, 0.6) is 0 Å². The minimum absolute atomic E-state index is 0.0400. The number of aromatic nitrogens is 2. The van der Waals surface area contributed by atoms with E-state index in [1.165, 1.54) is 0 Å². The van der Waals surface area contributed by atoms with Gasteiger partial charge >= 0.3 is 0 Å². The SMILES string of the molecule is CN(CCC1(O)CCCC1)c1cc(C2CCOC2)nc(NCCO)n1. The van der Waals surface area contributed by atoms with Gasteiger partial charge in [0, 0.05) is 38.7 Å². The molecule has 2 fully saturated rings. The van der Waals surface area contributed by atoms with E-state index in [0.29, 0.717) is 25.0 Å². The van der Waals surface area contributed by atoms with E-state index >= 15 is 0 Å². The number of nitrogens with one attached hydrogen (secondary N) is 1. The molecule has 1 saturated heterocycles. The van der Waals surface area contributed by atoms with Crippen molar-refractivity contribution in [2.24, 2.45) is 0 Å². The molecular weight excluding hydrogens is 320 g/mol. The molecule has 2 aliphatic rings. The van der Waals surface area contributed by atoms with Crippen LogP contribution >= 0.6 is 0 Å². The van der Waals surface area contributed by atoms with Gasteiger partial charge in [-0.15, -0.1) is 0 Å². The number of ether oxygens (including phenoxy) is 1. The van der Waals surface area contributed by atoms with Gasteiger partial charge in [-0.3, -0.25) is 0 Å². The van der Waals surface area contributed by atoms with Crippen molar-refractivity contribution >= 4 is 11.8 Å². The number of aliphatic hydroxyl groups is 2. The molecule has 7 nitrogen and oxygen atoms in total. The Kier molecular flexibility index (Phi) is 6.09. The third-order valence-electron chi connectivity index (χ3n) is 5.31. The number of rotatable bonds is 8. The van der Waals surface area contributed by atoms with Crippen LogP contribution in [0.4, 0.5) is 11.8 Å². The third-order valence-corrected chi connectivity index (χ3v) is 5.31. The van der Waals surface area contributed by atoms with Crippen LogP contribution in [0.15, 0.2) is 6.07 Å². The molecule has 1 aliphatic carbocycles. The molecule has 140 valence electrons. The summed E-state index contributed by atoms with van der Waals surface area (Å²) in [5.74, 6) is 1.68. The zero-order valence-corrected chi connectivity index (χ0v) is 15.1. The van der Waals surface area contributed by atoms with Crippen LogP contribution in [0.1, 0.15) is 50.1 Å². The predicted molar refractivity (Wildman–Crippen MR) is 97.1 cm³/mol. The molecule has 7 heteroatoms. The van der Waals surface area contributed by atoms with Gasteiger partial charge in [0.25, 0.3) is 0 Å². The first-order chi connectivity index (χ1) is 12.1. The molecule has 2 heterocycles. The highest BCUT2D eigenvalue weighted by molar-refractivity contribution is 5.45. The molecule has 0 spiro atoms. The van der Waals surface area contributed by atoms with Gasteiger partial charge < -0.3 is 25.2 Å². The van der Waals surface area contributed by atoms with Crippen molar-refractivity contribution < 1.29 is 14.9 Å². The van der Waals surface area contributed by atoms with Gasteiger partial charge in [-0.1, -0.05) is 12.8 Å². The Morgan fingerprint density at radius 3 is 2.84 bits per heavy atom. The minimum atomic E-state index is -0.513. The number of aliphatic hydroxyl groups excluding tert-OH is 1. The Labute approximate surface area is 149 Å². The molecule has 3 N–H and O–H groups in total. The van der Waals surface area contributed by atoms with Gasteiger partial charge in [-0.2, -0.15) is 4.98 Å². The molecule has 0 aromatic carbocycles. The molecule has 1 aromatic rings. The second kappa shape index (κ2) is 8.29. The van der Waals surface area contributed by atoms with E-state index in [9.17, 15) is 5.11 Å². The van der Waals surface area contributed by atoms with Crippen LogP contribution in [-0.4, -0.2) is 65.7 Å². The highest BCUT2D eigenvalue weighted by Crippen LogP contribution is 2.33. The van der Waals surface area contributed by atoms with E-state index in [2.05, 4.69) is 20.2 Å². The molecule has 0 bridgehead atoms. The maximum atomic E-state index is 10.6. The van der Waals surface area contributed by atoms with Crippen molar-refractivity contribution in [2.45, 2.75) is 50.0 Å². The zero-order chi connectivity index (χ0) is 17.7. The summed E-state index contributed by atoms with van der Waals surface area (Å²) >= 11 is 0. The summed E-state index contributed by atoms with van der Waals surface area (Å²) in [5.41, 5.74) is 0.468. The van der Waals surface area contributed by atoms with Crippen molar-refractivity contribution in [1.29, 1.82) is 0 Å². The van der Waals surface area contributed by atoms with Crippen LogP contribution in [-0.2, 0) is 4.74 Å².